The van der Waals surface area contributed by atoms with E-state index in [1.165, 1.54) is 19.2 Å². The molecule has 0 saturated heterocycles. The zero-order valence-corrected chi connectivity index (χ0v) is 12.9. The van der Waals surface area contributed by atoms with E-state index in [4.69, 9.17) is 21.1 Å². The quantitative estimate of drug-likeness (QED) is 0.645. The number of nitrogens with one attached hydrogen (secondary N) is 1. The molecule has 0 amide bonds. The van der Waals surface area contributed by atoms with Crippen LogP contribution >= 0.6 is 11.6 Å². The Morgan fingerprint density at radius 3 is 2.45 bits per heavy atom. The number of ether oxygens (including phenoxy) is 2. The summed E-state index contributed by atoms with van der Waals surface area (Å²) in [4.78, 5) is 10.4. The van der Waals surface area contributed by atoms with Crippen molar-refractivity contribution in [2.45, 2.75) is 6.54 Å². The van der Waals surface area contributed by atoms with E-state index < -0.39 is 4.92 Å². The van der Waals surface area contributed by atoms with Crippen molar-refractivity contribution in [3.63, 3.8) is 0 Å². The van der Waals surface area contributed by atoms with E-state index in [9.17, 15) is 10.1 Å². The molecular weight excluding hydrogens is 308 g/mol. The molecule has 2 aromatic rings. The Balaban J connectivity index is 2.25. The second-order valence-electron chi connectivity index (χ2n) is 4.45. The van der Waals surface area contributed by atoms with Crippen LogP contribution in [-0.2, 0) is 6.54 Å². The number of halogens is 1. The molecule has 0 spiro atoms. The Morgan fingerprint density at radius 2 is 1.82 bits per heavy atom. The first kappa shape index (κ1) is 15.9. The molecule has 0 aliphatic rings. The lowest BCUT2D eigenvalue weighted by Gasteiger charge is -2.13. The summed E-state index contributed by atoms with van der Waals surface area (Å²) in [6, 6.07) is 9.65. The molecule has 0 heterocycles. The number of methoxy groups -OCH3 is 2. The van der Waals surface area contributed by atoms with Gasteiger partial charge in [0.15, 0.2) is 0 Å². The molecular formula is C15H15ClN2O4. The molecule has 6 nitrogen and oxygen atoms in total. The fraction of sp³-hybridized carbons (Fsp3) is 0.200. The highest BCUT2D eigenvalue weighted by Crippen LogP contribution is 2.30. The van der Waals surface area contributed by atoms with Crippen LogP contribution in [0.3, 0.4) is 0 Å². The Bertz CT molecular complexity index is 691. The monoisotopic (exact) mass is 322 g/mol. The van der Waals surface area contributed by atoms with Gasteiger partial charge in [-0.05, 0) is 24.3 Å². The van der Waals surface area contributed by atoms with Gasteiger partial charge in [0.25, 0.3) is 5.69 Å². The fourth-order valence-corrected chi connectivity index (χ4v) is 2.22. The van der Waals surface area contributed by atoms with Gasteiger partial charge >= 0.3 is 0 Å². The average molecular weight is 323 g/mol. The van der Waals surface area contributed by atoms with E-state index in [0.717, 1.165) is 5.56 Å². The van der Waals surface area contributed by atoms with E-state index in [1.54, 1.807) is 31.4 Å². The zero-order valence-electron chi connectivity index (χ0n) is 12.1. The second-order valence-corrected chi connectivity index (χ2v) is 4.89. The summed E-state index contributed by atoms with van der Waals surface area (Å²) in [5, 5.41) is 14.6. The number of benzene rings is 2. The molecule has 116 valence electrons. The van der Waals surface area contributed by atoms with Crippen molar-refractivity contribution in [1.29, 1.82) is 0 Å². The number of nitro groups is 1. The third-order valence-corrected chi connectivity index (χ3v) is 3.34. The molecule has 0 fully saturated rings. The van der Waals surface area contributed by atoms with Gasteiger partial charge < -0.3 is 14.8 Å². The minimum Gasteiger partial charge on any atom is -0.496 e. The van der Waals surface area contributed by atoms with Crippen LogP contribution in [0, 0.1) is 10.1 Å². The number of non-ortho nitro benzene ring substituents is 1. The third-order valence-electron chi connectivity index (χ3n) is 3.11. The molecule has 2 aromatic carbocycles. The van der Waals surface area contributed by atoms with Gasteiger partial charge in [0, 0.05) is 29.3 Å². The van der Waals surface area contributed by atoms with E-state index in [-0.39, 0.29) is 5.69 Å². The number of nitrogens with zero attached hydrogens (tertiary/aromatic N) is 1. The van der Waals surface area contributed by atoms with Crippen molar-refractivity contribution in [3.8, 4) is 11.5 Å². The van der Waals surface area contributed by atoms with Crippen LogP contribution in [0.25, 0.3) is 0 Å². The van der Waals surface area contributed by atoms with Gasteiger partial charge in [-0.25, -0.2) is 0 Å². The van der Waals surface area contributed by atoms with E-state index in [1.807, 2.05) is 0 Å². The molecule has 0 aliphatic heterocycles. The number of nitro benzene ring substituents is 1. The van der Waals surface area contributed by atoms with Gasteiger partial charge in [-0.2, -0.15) is 0 Å². The number of rotatable bonds is 6. The van der Waals surface area contributed by atoms with Gasteiger partial charge in [0.05, 0.1) is 24.8 Å². The van der Waals surface area contributed by atoms with Crippen LogP contribution in [0.2, 0.25) is 5.02 Å². The summed E-state index contributed by atoms with van der Waals surface area (Å²) in [7, 11) is 3.08. The Morgan fingerprint density at radius 1 is 1.14 bits per heavy atom. The Hall–Kier alpha value is -2.47. The Kier molecular flexibility index (Phi) is 5.06. The maximum atomic E-state index is 10.9. The molecule has 0 bridgehead atoms. The number of hydrogen-bond acceptors (Lipinski definition) is 5. The van der Waals surface area contributed by atoms with Crippen LogP contribution in [0.1, 0.15) is 5.56 Å². The normalized spacial score (nSPS) is 10.1. The van der Waals surface area contributed by atoms with Crippen molar-refractivity contribution in [2.24, 2.45) is 0 Å². The average Bonchev–Trinajstić information content (AvgIpc) is 2.52. The molecule has 2 rings (SSSR count). The molecule has 1 N–H and O–H groups in total. The first-order valence-corrected chi connectivity index (χ1v) is 6.81. The molecule has 0 atom stereocenters. The van der Waals surface area contributed by atoms with Gasteiger partial charge in [-0.15, -0.1) is 0 Å². The van der Waals surface area contributed by atoms with Gasteiger partial charge in [0.1, 0.15) is 11.5 Å². The predicted molar refractivity (Wildman–Crippen MR) is 85.0 cm³/mol. The van der Waals surface area contributed by atoms with E-state index in [0.29, 0.717) is 28.8 Å². The summed E-state index contributed by atoms with van der Waals surface area (Å²) in [5.74, 6) is 1.20. The molecule has 0 saturated carbocycles. The summed E-state index contributed by atoms with van der Waals surface area (Å²) in [6.45, 7) is 0.390. The van der Waals surface area contributed by atoms with Crippen molar-refractivity contribution < 1.29 is 14.4 Å². The van der Waals surface area contributed by atoms with Crippen LogP contribution in [0.5, 0.6) is 11.5 Å². The second kappa shape index (κ2) is 7.00. The number of anilines is 1. The van der Waals surface area contributed by atoms with Gasteiger partial charge in [0.2, 0.25) is 0 Å². The molecule has 0 radical (unpaired) electrons. The molecule has 0 aromatic heterocycles. The standard InChI is InChI=1S/C15H15ClN2O4/c1-21-14-5-3-11(16)7-10(14)9-17-13-8-12(18(19)20)4-6-15(13)22-2/h3-8,17H,9H2,1-2H3. The summed E-state index contributed by atoms with van der Waals surface area (Å²) >= 11 is 5.98. The van der Waals surface area contributed by atoms with Gasteiger partial charge in [-0.3, -0.25) is 10.1 Å². The minimum absolute atomic E-state index is 0.0126. The number of hydrogen-bond donors (Lipinski definition) is 1. The van der Waals surface area contributed by atoms with E-state index >= 15 is 0 Å². The first-order chi connectivity index (χ1) is 10.5. The van der Waals surface area contributed by atoms with Crippen LogP contribution in [0.15, 0.2) is 36.4 Å². The third kappa shape index (κ3) is 3.59. The topological polar surface area (TPSA) is 73.6 Å². The van der Waals surface area contributed by atoms with Crippen molar-refractivity contribution in [1.82, 2.24) is 0 Å². The van der Waals surface area contributed by atoms with Crippen molar-refractivity contribution >= 4 is 23.0 Å². The lowest BCUT2D eigenvalue weighted by molar-refractivity contribution is -0.384. The lowest BCUT2D eigenvalue weighted by Crippen LogP contribution is -2.04. The zero-order chi connectivity index (χ0) is 16.1. The van der Waals surface area contributed by atoms with Crippen LogP contribution < -0.4 is 14.8 Å². The maximum absolute atomic E-state index is 10.9. The summed E-state index contributed by atoms with van der Waals surface area (Å²) in [6.07, 6.45) is 0. The van der Waals surface area contributed by atoms with Crippen LogP contribution in [0.4, 0.5) is 11.4 Å². The maximum Gasteiger partial charge on any atom is 0.271 e. The highest BCUT2D eigenvalue weighted by atomic mass is 35.5. The van der Waals surface area contributed by atoms with E-state index in [2.05, 4.69) is 5.32 Å². The summed E-state index contributed by atoms with van der Waals surface area (Å²) in [5.41, 5.74) is 1.35. The highest BCUT2D eigenvalue weighted by Gasteiger charge is 2.12. The molecule has 0 unspecified atom stereocenters. The first-order valence-electron chi connectivity index (χ1n) is 6.44. The minimum atomic E-state index is -0.454. The van der Waals surface area contributed by atoms with Gasteiger partial charge in [-0.1, -0.05) is 11.6 Å². The fourth-order valence-electron chi connectivity index (χ4n) is 2.02. The van der Waals surface area contributed by atoms with Crippen molar-refractivity contribution in [2.75, 3.05) is 19.5 Å². The molecule has 7 heteroatoms. The molecule has 22 heavy (non-hydrogen) atoms. The van der Waals surface area contributed by atoms with Crippen LogP contribution in [-0.4, -0.2) is 19.1 Å². The lowest BCUT2D eigenvalue weighted by atomic mass is 10.2. The summed E-state index contributed by atoms with van der Waals surface area (Å²) < 4.78 is 10.5. The Labute approximate surface area is 132 Å². The predicted octanol–water partition coefficient (Wildman–Crippen LogP) is 3.88. The van der Waals surface area contributed by atoms with Crippen molar-refractivity contribution in [3.05, 3.63) is 57.1 Å². The largest absolute Gasteiger partial charge is 0.496 e. The molecule has 0 aliphatic carbocycles. The SMILES string of the molecule is COc1ccc(Cl)cc1CNc1cc([N+](=O)[O-])ccc1OC. The smallest absolute Gasteiger partial charge is 0.271 e. The highest BCUT2D eigenvalue weighted by molar-refractivity contribution is 6.30.